The van der Waals surface area contributed by atoms with Gasteiger partial charge < -0.3 is 10.7 Å². The molecule has 0 fully saturated rings. The zero-order valence-corrected chi connectivity index (χ0v) is 10.3. The van der Waals surface area contributed by atoms with Gasteiger partial charge >= 0.3 is 0 Å². The molecule has 0 saturated carbocycles. The Bertz CT molecular complexity index is 686. The van der Waals surface area contributed by atoms with Gasteiger partial charge in [-0.2, -0.15) is 0 Å². The van der Waals surface area contributed by atoms with Gasteiger partial charge in [0.25, 0.3) is 0 Å². The molecule has 0 aliphatic carbocycles. The molecule has 19 heavy (non-hydrogen) atoms. The van der Waals surface area contributed by atoms with E-state index < -0.39 is 26.6 Å². The third-order valence-corrected chi connectivity index (χ3v) is 3.69. The van der Waals surface area contributed by atoms with E-state index in [9.17, 15) is 17.2 Å². The molecule has 2 aromatic rings. The number of H-pyrrole nitrogens is 1. The summed E-state index contributed by atoms with van der Waals surface area (Å²) in [5.74, 6) is -2.45. The number of anilines is 1. The third kappa shape index (κ3) is 2.88. The summed E-state index contributed by atoms with van der Waals surface area (Å²) in [6.07, 6.45) is 2.94. The van der Waals surface area contributed by atoms with Crippen LogP contribution >= 0.6 is 0 Å². The molecule has 4 N–H and O–H groups in total. The van der Waals surface area contributed by atoms with E-state index in [4.69, 9.17) is 5.73 Å². The number of nitrogens with two attached hydrogens (primary N) is 1. The number of nitrogens with zero attached hydrogens (tertiary/aromatic N) is 1. The summed E-state index contributed by atoms with van der Waals surface area (Å²) in [6, 6.07) is 1.56. The van der Waals surface area contributed by atoms with Crippen molar-refractivity contribution in [3.63, 3.8) is 0 Å². The van der Waals surface area contributed by atoms with Crippen molar-refractivity contribution in [3.8, 4) is 0 Å². The minimum absolute atomic E-state index is 0.175. The highest BCUT2D eigenvalue weighted by atomic mass is 32.2. The van der Waals surface area contributed by atoms with Crippen LogP contribution in [-0.2, 0) is 16.6 Å². The summed E-state index contributed by atoms with van der Waals surface area (Å²) in [4.78, 5) is 5.63. The normalized spacial score (nSPS) is 11.7. The smallest absolute Gasteiger partial charge is 0.244 e. The van der Waals surface area contributed by atoms with Crippen LogP contribution in [0, 0.1) is 11.6 Å². The molecule has 0 unspecified atom stereocenters. The fourth-order valence-corrected chi connectivity index (χ4v) is 2.52. The lowest BCUT2D eigenvalue weighted by Gasteiger charge is -2.08. The van der Waals surface area contributed by atoms with Crippen molar-refractivity contribution >= 4 is 15.7 Å². The van der Waals surface area contributed by atoms with Gasteiger partial charge in [0.15, 0.2) is 11.6 Å². The minimum atomic E-state index is -4.22. The van der Waals surface area contributed by atoms with Crippen molar-refractivity contribution in [3.05, 3.63) is 42.0 Å². The lowest BCUT2D eigenvalue weighted by atomic mass is 10.3. The number of halogens is 2. The molecule has 9 heteroatoms. The SMILES string of the molecule is Nc1cc(F)c(F)c(S(=O)(=O)NCc2ncc[nH]2)c1. The number of aromatic amines is 1. The minimum Gasteiger partial charge on any atom is -0.399 e. The maximum Gasteiger partial charge on any atom is 0.244 e. The predicted molar refractivity (Wildman–Crippen MR) is 63.4 cm³/mol. The van der Waals surface area contributed by atoms with E-state index in [-0.39, 0.29) is 12.2 Å². The molecule has 1 aromatic carbocycles. The molecule has 1 heterocycles. The van der Waals surface area contributed by atoms with Gasteiger partial charge in [-0.25, -0.2) is 26.9 Å². The molecule has 0 radical (unpaired) electrons. The van der Waals surface area contributed by atoms with Crippen LogP contribution in [0.4, 0.5) is 14.5 Å². The van der Waals surface area contributed by atoms with Crippen LogP contribution in [0.3, 0.4) is 0 Å². The lowest BCUT2D eigenvalue weighted by Crippen LogP contribution is -2.25. The third-order valence-electron chi connectivity index (χ3n) is 2.29. The highest BCUT2D eigenvalue weighted by molar-refractivity contribution is 7.89. The summed E-state index contributed by atoms with van der Waals surface area (Å²) >= 11 is 0. The van der Waals surface area contributed by atoms with Gasteiger partial charge in [0.2, 0.25) is 10.0 Å². The Morgan fingerprint density at radius 1 is 1.37 bits per heavy atom. The Morgan fingerprint density at radius 2 is 2.11 bits per heavy atom. The summed E-state index contributed by atoms with van der Waals surface area (Å²) in [6.45, 7) is -0.175. The average Bonchev–Trinajstić information content (AvgIpc) is 2.84. The standard InChI is InChI=1S/C10H10F2N4O2S/c11-7-3-6(13)4-8(10(7)12)19(17,18)16-5-9-14-1-2-15-9/h1-4,16H,5,13H2,(H,14,15). The highest BCUT2D eigenvalue weighted by Gasteiger charge is 2.22. The first kappa shape index (κ1) is 13.4. The molecule has 0 aliphatic rings. The number of aromatic nitrogens is 2. The molecule has 0 amide bonds. The fraction of sp³-hybridized carbons (Fsp3) is 0.100. The number of sulfonamides is 1. The number of benzene rings is 1. The second-order valence-electron chi connectivity index (χ2n) is 3.68. The van der Waals surface area contributed by atoms with E-state index in [1.807, 2.05) is 0 Å². The summed E-state index contributed by atoms with van der Waals surface area (Å²) in [5, 5.41) is 0. The lowest BCUT2D eigenvalue weighted by molar-refractivity contribution is 0.483. The van der Waals surface area contributed by atoms with Crippen LogP contribution in [0.2, 0.25) is 0 Å². The molecule has 0 atom stereocenters. The van der Waals surface area contributed by atoms with E-state index in [2.05, 4.69) is 14.7 Å². The Balaban J connectivity index is 2.29. The first-order valence-corrected chi connectivity index (χ1v) is 6.61. The van der Waals surface area contributed by atoms with Crippen LogP contribution in [0.25, 0.3) is 0 Å². The van der Waals surface area contributed by atoms with E-state index >= 15 is 0 Å². The number of hydrogen-bond acceptors (Lipinski definition) is 4. The molecule has 6 nitrogen and oxygen atoms in total. The van der Waals surface area contributed by atoms with Crippen LogP contribution in [0.5, 0.6) is 0 Å². The zero-order valence-electron chi connectivity index (χ0n) is 9.52. The fourth-order valence-electron chi connectivity index (χ4n) is 1.42. The molecule has 1 aromatic heterocycles. The molecule has 102 valence electrons. The van der Waals surface area contributed by atoms with E-state index in [1.54, 1.807) is 0 Å². The summed E-state index contributed by atoms with van der Waals surface area (Å²) < 4.78 is 52.4. The molecular weight excluding hydrogens is 278 g/mol. The summed E-state index contributed by atoms with van der Waals surface area (Å²) in [5.41, 5.74) is 5.12. The van der Waals surface area contributed by atoms with Gasteiger partial charge in [-0.1, -0.05) is 0 Å². The monoisotopic (exact) mass is 288 g/mol. The Hall–Kier alpha value is -2.00. The van der Waals surface area contributed by atoms with Crippen LogP contribution in [0.15, 0.2) is 29.4 Å². The maximum absolute atomic E-state index is 13.5. The van der Waals surface area contributed by atoms with Gasteiger partial charge in [-0.15, -0.1) is 0 Å². The number of hydrogen-bond donors (Lipinski definition) is 3. The van der Waals surface area contributed by atoms with Gasteiger partial charge in [0.1, 0.15) is 10.7 Å². The van der Waals surface area contributed by atoms with E-state index in [0.29, 0.717) is 11.9 Å². The van der Waals surface area contributed by atoms with Gasteiger partial charge in [0.05, 0.1) is 6.54 Å². The quantitative estimate of drug-likeness (QED) is 0.722. The second kappa shape index (κ2) is 4.94. The Kier molecular flexibility index (Phi) is 3.49. The second-order valence-corrected chi connectivity index (χ2v) is 5.41. The molecule has 2 rings (SSSR count). The number of imidazole rings is 1. The van der Waals surface area contributed by atoms with Crippen LogP contribution in [-0.4, -0.2) is 18.4 Å². The number of rotatable bonds is 4. The topological polar surface area (TPSA) is 101 Å². The highest BCUT2D eigenvalue weighted by Crippen LogP contribution is 2.20. The maximum atomic E-state index is 13.5. The predicted octanol–water partition coefficient (Wildman–Crippen LogP) is 0.749. The van der Waals surface area contributed by atoms with E-state index in [1.165, 1.54) is 12.4 Å². The summed E-state index contributed by atoms with van der Waals surface area (Å²) in [7, 11) is -4.22. The average molecular weight is 288 g/mol. The zero-order chi connectivity index (χ0) is 14.0. The van der Waals surface area contributed by atoms with Crippen molar-refractivity contribution in [1.29, 1.82) is 0 Å². The molecular formula is C10H10F2N4O2S. The Morgan fingerprint density at radius 3 is 2.74 bits per heavy atom. The van der Waals surface area contributed by atoms with Crippen LogP contribution in [0.1, 0.15) is 5.82 Å². The Labute approximate surface area is 107 Å². The van der Waals surface area contributed by atoms with Crippen molar-refractivity contribution < 1.29 is 17.2 Å². The molecule has 0 saturated heterocycles. The molecule has 0 aliphatic heterocycles. The van der Waals surface area contributed by atoms with Crippen molar-refractivity contribution in [2.24, 2.45) is 0 Å². The van der Waals surface area contributed by atoms with Gasteiger partial charge in [0, 0.05) is 18.1 Å². The number of nitrogen functional groups attached to an aromatic ring is 1. The first-order chi connectivity index (χ1) is 8.90. The van der Waals surface area contributed by atoms with E-state index in [0.717, 1.165) is 6.07 Å². The first-order valence-electron chi connectivity index (χ1n) is 5.12. The van der Waals surface area contributed by atoms with Crippen molar-refractivity contribution in [2.45, 2.75) is 11.4 Å². The van der Waals surface area contributed by atoms with Crippen LogP contribution < -0.4 is 10.5 Å². The molecule has 0 spiro atoms. The number of nitrogens with one attached hydrogen (secondary N) is 2. The van der Waals surface area contributed by atoms with Gasteiger partial charge in [-0.05, 0) is 12.1 Å². The molecule has 0 bridgehead atoms. The van der Waals surface area contributed by atoms with Gasteiger partial charge in [-0.3, -0.25) is 0 Å². The van der Waals surface area contributed by atoms with Crippen molar-refractivity contribution in [2.75, 3.05) is 5.73 Å². The largest absolute Gasteiger partial charge is 0.399 e. The van der Waals surface area contributed by atoms with Crippen molar-refractivity contribution in [1.82, 2.24) is 14.7 Å².